The molecule has 5 nitrogen and oxygen atoms in total. The van der Waals surface area contributed by atoms with E-state index < -0.39 is 0 Å². The Labute approximate surface area is 129 Å². The first-order valence-corrected chi connectivity index (χ1v) is 7.41. The number of rotatable bonds is 6. The summed E-state index contributed by atoms with van der Waals surface area (Å²) in [6, 6.07) is 5.44. The van der Waals surface area contributed by atoms with Gasteiger partial charge in [-0.3, -0.25) is 20.4 Å². The van der Waals surface area contributed by atoms with E-state index >= 15 is 0 Å². The van der Waals surface area contributed by atoms with Crippen molar-refractivity contribution in [2.24, 2.45) is 5.92 Å². The first kappa shape index (κ1) is 15.6. The van der Waals surface area contributed by atoms with Crippen LogP contribution >= 0.6 is 11.6 Å². The molecule has 0 heterocycles. The lowest BCUT2D eigenvalue weighted by Gasteiger charge is -2.08. The van der Waals surface area contributed by atoms with Crippen molar-refractivity contribution in [2.45, 2.75) is 32.6 Å². The number of carbonyl (C=O) groups excluding carboxylic acids is 2. The van der Waals surface area contributed by atoms with Crippen molar-refractivity contribution < 1.29 is 14.3 Å². The van der Waals surface area contributed by atoms with Gasteiger partial charge in [0.2, 0.25) is 11.8 Å². The standard InChI is InChI=1S/C15H19ClN2O3/c1-10-9-12(6-7-13(10)16)21-8-2-3-14(19)17-18-15(20)11-4-5-11/h6-7,9,11H,2-5,8H2,1H3,(H,17,19)(H,18,20). The molecule has 0 atom stereocenters. The fourth-order valence-corrected chi connectivity index (χ4v) is 1.89. The number of nitrogens with one attached hydrogen (secondary N) is 2. The summed E-state index contributed by atoms with van der Waals surface area (Å²) in [6.07, 6.45) is 2.70. The number of benzene rings is 1. The van der Waals surface area contributed by atoms with Crippen molar-refractivity contribution in [3.8, 4) is 5.75 Å². The van der Waals surface area contributed by atoms with Gasteiger partial charge in [0.15, 0.2) is 0 Å². The van der Waals surface area contributed by atoms with E-state index in [-0.39, 0.29) is 17.7 Å². The van der Waals surface area contributed by atoms with Crippen LogP contribution in [0.3, 0.4) is 0 Å². The number of amides is 2. The van der Waals surface area contributed by atoms with Crippen molar-refractivity contribution in [2.75, 3.05) is 6.61 Å². The Morgan fingerprint density at radius 2 is 2.10 bits per heavy atom. The monoisotopic (exact) mass is 310 g/mol. The lowest BCUT2D eigenvalue weighted by Crippen LogP contribution is -2.42. The molecular weight excluding hydrogens is 292 g/mol. The summed E-state index contributed by atoms with van der Waals surface area (Å²) in [6.45, 7) is 2.34. The molecule has 0 bridgehead atoms. The van der Waals surface area contributed by atoms with Crippen molar-refractivity contribution in [3.05, 3.63) is 28.8 Å². The van der Waals surface area contributed by atoms with Gasteiger partial charge in [-0.2, -0.15) is 0 Å². The van der Waals surface area contributed by atoms with Crippen LogP contribution in [0.1, 0.15) is 31.2 Å². The molecule has 2 rings (SSSR count). The number of halogens is 1. The van der Waals surface area contributed by atoms with Gasteiger partial charge >= 0.3 is 0 Å². The maximum atomic E-state index is 11.5. The van der Waals surface area contributed by atoms with E-state index in [4.69, 9.17) is 16.3 Å². The molecule has 0 aromatic heterocycles. The summed E-state index contributed by atoms with van der Waals surface area (Å²) in [5, 5.41) is 0.702. The van der Waals surface area contributed by atoms with E-state index in [2.05, 4.69) is 10.9 Å². The highest BCUT2D eigenvalue weighted by Crippen LogP contribution is 2.28. The first-order valence-electron chi connectivity index (χ1n) is 7.04. The minimum atomic E-state index is -0.208. The highest BCUT2D eigenvalue weighted by molar-refractivity contribution is 6.31. The normalized spacial score (nSPS) is 13.6. The topological polar surface area (TPSA) is 67.4 Å². The highest BCUT2D eigenvalue weighted by atomic mass is 35.5. The highest BCUT2D eigenvalue weighted by Gasteiger charge is 2.29. The van der Waals surface area contributed by atoms with E-state index in [0.717, 1.165) is 24.2 Å². The van der Waals surface area contributed by atoms with Crippen LogP contribution in [0.5, 0.6) is 5.75 Å². The zero-order valence-electron chi connectivity index (χ0n) is 11.9. The van der Waals surface area contributed by atoms with E-state index in [1.807, 2.05) is 13.0 Å². The van der Waals surface area contributed by atoms with Crippen molar-refractivity contribution in [1.29, 1.82) is 0 Å². The molecule has 2 amide bonds. The second-order valence-corrected chi connectivity index (χ2v) is 5.58. The third kappa shape index (κ3) is 5.27. The largest absolute Gasteiger partial charge is 0.494 e. The number of hydrogen-bond acceptors (Lipinski definition) is 3. The van der Waals surface area contributed by atoms with E-state index in [1.165, 1.54) is 0 Å². The van der Waals surface area contributed by atoms with Crippen LogP contribution in [-0.2, 0) is 9.59 Å². The van der Waals surface area contributed by atoms with Gasteiger partial charge in [0.25, 0.3) is 0 Å². The molecule has 1 aromatic rings. The van der Waals surface area contributed by atoms with Crippen LogP contribution in [0.4, 0.5) is 0 Å². The molecule has 1 aromatic carbocycles. The van der Waals surface area contributed by atoms with Crippen LogP contribution in [0.2, 0.25) is 5.02 Å². The molecule has 1 fully saturated rings. The molecule has 21 heavy (non-hydrogen) atoms. The van der Waals surface area contributed by atoms with Gasteiger partial charge < -0.3 is 4.74 Å². The Balaban J connectivity index is 1.59. The summed E-state index contributed by atoms with van der Waals surface area (Å²) in [5.74, 6) is 0.511. The molecule has 0 radical (unpaired) electrons. The molecule has 1 aliphatic carbocycles. The lowest BCUT2D eigenvalue weighted by molar-refractivity contribution is -0.129. The number of carbonyl (C=O) groups is 2. The van der Waals surface area contributed by atoms with Gasteiger partial charge in [-0.05, 0) is 49.9 Å². The zero-order chi connectivity index (χ0) is 15.2. The molecule has 1 aliphatic rings. The smallest absolute Gasteiger partial charge is 0.241 e. The zero-order valence-corrected chi connectivity index (χ0v) is 12.7. The first-order chi connectivity index (χ1) is 10.1. The van der Waals surface area contributed by atoms with E-state index in [1.54, 1.807) is 12.1 Å². The number of aryl methyl sites for hydroxylation is 1. The quantitative estimate of drug-likeness (QED) is 0.626. The second kappa shape index (κ2) is 7.31. The summed E-state index contributed by atoms with van der Waals surface area (Å²) < 4.78 is 5.54. The van der Waals surface area contributed by atoms with Gasteiger partial charge in [0.1, 0.15) is 5.75 Å². The van der Waals surface area contributed by atoms with Crippen LogP contribution in [0, 0.1) is 12.8 Å². The third-order valence-corrected chi connectivity index (χ3v) is 3.64. The minimum absolute atomic E-state index is 0.0850. The number of hydrazine groups is 1. The lowest BCUT2D eigenvalue weighted by atomic mass is 10.2. The fraction of sp³-hybridized carbons (Fsp3) is 0.467. The summed E-state index contributed by atoms with van der Waals surface area (Å²) in [7, 11) is 0. The average Bonchev–Trinajstić information content (AvgIpc) is 3.29. The molecule has 0 aliphatic heterocycles. The Morgan fingerprint density at radius 3 is 2.76 bits per heavy atom. The molecule has 0 spiro atoms. The SMILES string of the molecule is Cc1cc(OCCCC(=O)NNC(=O)C2CC2)ccc1Cl. The van der Waals surface area contributed by atoms with Crippen LogP contribution in [0.15, 0.2) is 18.2 Å². The fourth-order valence-electron chi connectivity index (χ4n) is 1.77. The molecule has 2 N–H and O–H groups in total. The molecular formula is C15H19ClN2O3. The third-order valence-electron chi connectivity index (χ3n) is 3.22. The molecule has 0 saturated heterocycles. The average molecular weight is 311 g/mol. The minimum Gasteiger partial charge on any atom is -0.494 e. The molecule has 1 saturated carbocycles. The van der Waals surface area contributed by atoms with Crippen molar-refractivity contribution >= 4 is 23.4 Å². The van der Waals surface area contributed by atoms with Crippen molar-refractivity contribution in [3.63, 3.8) is 0 Å². The van der Waals surface area contributed by atoms with Gasteiger partial charge in [0, 0.05) is 17.4 Å². The predicted molar refractivity (Wildman–Crippen MR) is 79.9 cm³/mol. The number of hydrogen-bond donors (Lipinski definition) is 2. The summed E-state index contributed by atoms with van der Waals surface area (Å²) >= 11 is 5.93. The van der Waals surface area contributed by atoms with E-state index in [0.29, 0.717) is 24.5 Å². The van der Waals surface area contributed by atoms with Gasteiger partial charge in [0.05, 0.1) is 6.61 Å². The van der Waals surface area contributed by atoms with Crippen LogP contribution in [-0.4, -0.2) is 18.4 Å². The summed E-state index contributed by atoms with van der Waals surface area (Å²) in [4.78, 5) is 22.8. The second-order valence-electron chi connectivity index (χ2n) is 5.17. The maximum Gasteiger partial charge on any atom is 0.241 e. The Morgan fingerprint density at radius 1 is 1.33 bits per heavy atom. The molecule has 114 valence electrons. The Hall–Kier alpha value is -1.75. The Kier molecular flexibility index (Phi) is 5.44. The van der Waals surface area contributed by atoms with Crippen LogP contribution < -0.4 is 15.6 Å². The van der Waals surface area contributed by atoms with Gasteiger partial charge in [-0.1, -0.05) is 11.6 Å². The van der Waals surface area contributed by atoms with Crippen molar-refractivity contribution in [1.82, 2.24) is 10.9 Å². The van der Waals surface area contributed by atoms with E-state index in [9.17, 15) is 9.59 Å². The van der Waals surface area contributed by atoms with Gasteiger partial charge in [-0.25, -0.2) is 0 Å². The predicted octanol–water partition coefficient (Wildman–Crippen LogP) is 2.36. The van der Waals surface area contributed by atoms with Crippen LogP contribution in [0.25, 0.3) is 0 Å². The molecule has 0 unspecified atom stereocenters. The van der Waals surface area contributed by atoms with Gasteiger partial charge in [-0.15, -0.1) is 0 Å². The number of ether oxygens (including phenoxy) is 1. The Bertz CT molecular complexity index is 530. The summed E-state index contributed by atoms with van der Waals surface area (Å²) in [5.41, 5.74) is 5.78. The molecule has 6 heteroatoms. The maximum absolute atomic E-state index is 11.5.